The molecule has 0 radical (unpaired) electrons. The monoisotopic (exact) mass is 291 g/mol. The number of aromatic amines is 1. The highest BCUT2D eigenvalue weighted by atomic mass is 35.5. The molecule has 20 heavy (non-hydrogen) atoms. The number of nitrogens with one attached hydrogen (secondary N) is 2. The van der Waals surface area contributed by atoms with Crippen molar-refractivity contribution in [1.29, 1.82) is 0 Å². The number of hydrogen-bond donors (Lipinski definition) is 2. The third-order valence-electron chi connectivity index (χ3n) is 2.57. The van der Waals surface area contributed by atoms with E-state index in [0.29, 0.717) is 29.5 Å². The van der Waals surface area contributed by atoms with Gasteiger partial charge < -0.3 is 10.1 Å². The van der Waals surface area contributed by atoms with Gasteiger partial charge in [-0.1, -0.05) is 0 Å². The van der Waals surface area contributed by atoms with Crippen LogP contribution in [0.3, 0.4) is 0 Å². The first kappa shape index (κ1) is 12.5. The maximum atomic E-state index is 5.88. The van der Waals surface area contributed by atoms with Crippen molar-refractivity contribution in [2.75, 3.05) is 12.4 Å². The molecule has 8 nitrogen and oxygen atoms in total. The molecule has 0 aromatic carbocycles. The second-order valence-electron chi connectivity index (χ2n) is 3.84. The second-order valence-corrected chi connectivity index (χ2v) is 4.18. The summed E-state index contributed by atoms with van der Waals surface area (Å²) in [7, 11) is 1.51. The third-order valence-corrected chi connectivity index (χ3v) is 2.74. The van der Waals surface area contributed by atoms with Crippen molar-refractivity contribution in [1.82, 2.24) is 29.9 Å². The van der Waals surface area contributed by atoms with Crippen molar-refractivity contribution >= 4 is 28.6 Å². The van der Waals surface area contributed by atoms with E-state index in [1.807, 2.05) is 0 Å². The molecule has 2 N–H and O–H groups in total. The lowest BCUT2D eigenvalue weighted by molar-refractivity contribution is 0.386. The SMILES string of the molecule is COc1nc2c(NCc3ccncn3)nc(Cl)nc2[nH]1. The van der Waals surface area contributed by atoms with Crippen molar-refractivity contribution in [3.8, 4) is 6.01 Å². The first-order chi connectivity index (χ1) is 9.76. The standard InChI is InChI=1S/C11H10ClN7O/c1-20-11-16-7-8(17-10(12)18-9(7)19-11)14-4-6-2-3-13-5-15-6/h2-3,5H,4H2,1H3,(H2,14,16,17,18,19). The van der Waals surface area contributed by atoms with Gasteiger partial charge in [0.1, 0.15) is 6.33 Å². The van der Waals surface area contributed by atoms with Crippen molar-refractivity contribution in [3.63, 3.8) is 0 Å². The average molecular weight is 292 g/mol. The summed E-state index contributed by atoms with van der Waals surface area (Å²) in [5.41, 5.74) is 1.89. The Morgan fingerprint density at radius 3 is 3.00 bits per heavy atom. The molecule has 102 valence electrons. The predicted octanol–water partition coefficient (Wildman–Crippen LogP) is 1.42. The van der Waals surface area contributed by atoms with Gasteiger partial charge in [-0.15, -0.1) is 0 Å². The number of halogens is 1. The Morgan fingerprint density at radius 2 is 2.25 bits per heavy atom. The summed E-state index contributed by atoms with van der Waals surface area (Å²) in [6.45, 7) is 0.472. The van der Waals surface area contributed by atoms with E-state index in [0.717, 1.165) is 5.69 Å². The molecular weight excluding hydrogens is 282 g/mol. The van der Waals surface area contributed by atoms with Crippen LogP contribution in [-0.2, 0) is 6.54 Å². The smallest absolute Gasteiger partial charge is 0.295 e. The molecule has 0 aliphatic heterocycles. The van der Waals surface area contributed by atoms with E-state index < -0.39 is 0 Å². The molecule has 0 unspecified atom stereocenters. The van der Waals surface area contributed by atoms with E-state index in [9.17, 15) is 0 Å². The van der Waals surface area contributed by atoms with Gasteiger partial charge in [-0.2, -0.15) is 15.0 Å². The van der Waals surface area contributed by atoms with Crippen LogP contribution in [-0.4, -0.2) is 37.0 Å². The van der Waals surface area contributed by atoms with E-state index in [1.54, 1.807) is 12.3 Å². The van der Waals surface area contributed by atoms with Gasteiger partial charge in [-0.3, -0.25) is 4.98 Å². The first-order valence-electron chi connectivity index (χ1n) is 5.72. The molecule has 3 aromatic rings. The van der Waals surface area contributed by atoms with Crippen molar-refractivity contribution in [2.24, 2.45) is 0 Å². The van der Waals surface area contributed by atoms with Gasteiger partial charge in [0.05, 0.1) is 19.3 Å². The molecule has 0 bridgehead atoms. The summed E-state index contributed by atoms with van der Waals surface area (Å²) in [4.78, 5) is 23.3. The van der Waals surface area contributed by atoms with Crippen LogP contribution < -0.4 is 10.1 Å². The Bertz CT molecular complexity index is 730. The van der Waals surface area contributed by atoms with Crippen molar-refractivity contribution in [3.05, 3.63) is 29.6 Å². The molecule has 0 saturated carbocycles. The first-order valence-corrected chi connectivity index (χ1v) is 6.10. The minimum Gasteiger partial charge on any atom is -0.468 e. The van der Waals surface area contributed by atoms with Crippen LogP contribution in [0.25, 0.3) is 11.2 Å². The second kappa shape index (κ2) is 5.25. The lowest BCUT2D eigenvalue weighted by Crippen LogP contribution is -2.04. The number of ether oxygens (including phenoxy) is 1. The molecule has 0 amide bonds. The Hall–Kier alpha value is -2.48. The number of H-pyrrole nitrogens is 1. The molecule has 0 atom stereocenters. The molecule has 0 saturated heterocycles. The normalized spacial score (nSPS) is 10.7. The van der Waals surface area contributed by atoms with Gasteiger partial charge in [-0.25, -0.2) is 9.97 Å². The number of imidazole rings is 1. The molecule has 0 aliphatic rings. The van der Waals surface area contributed by atoms with E-state index in [1.165, 1.54) is 13.4 Å². The third kappa shape index (κ3) is 2.45. The Kier molecular flexibility index (Phi) is 3.30. The molecule has 9 heteroatoms. The van der Waals surface area contributed by atoms with Gasteiger partial charge in [0, 0.05) is 6.20 Å². The van der Waals surface area contributed by atoms with Crippen LogP contribution in [0.5, 0.6) is 6.01 Å². The Balaban J connectivity index is 1.92. The molecule has 3 rings (SSSR count). The molecule has 0 spiro atoms. The molecule has 0 fully saturated rings. The quantitative estimate of drug-likeness (QED) is 0.701. The summed E-state index contributed by atoms with van der Waals surface area (Å²) in [5.74, 6) is 0.512. The van der Waals surface area contributed by atoms with Crippen LogP contribution in [0.4, 0.5) is 5.82 Å². The van der Waals surface area contributed by atoms with Crippen LogP contribution in [0.1, 0.15) is 5.69 Å². The van der Waals surface area contributed by atoms with Crippen LogP contribution in [0.15, 0.2) is 18.6 Å². The van der Waals surface area contributed by atoms with E-state index >= 15 is 0 Å². The number of methoxy groups -OCH3 is 1. The molecule has 3 heterocycles. The summed E-state index contributed by atoms with van der Waals surface area (Å²) in [6, 6.07) is 2.15. The van der Waals surface area contributed by atoms with Crippen molar-refractivity contribution < 1.29 is 4.74 Å². The maximum Gasteiger partial charge on any atom is 0.295 e. The zero-order valence-corrected chi connectivity index (χ0v) is 11.2. The van der Waals surface area contributed by atoms with Gasteiger partial charge in [0.25, 0.3) is 6.01 Å². The van der Waals surface area contributed by atoms with Crippen LogP contribution >= 0.6 is 11.6 Å². The molecule has 3 aromatic heterocycles. The predicted molar refractivity (Wildman–Crippen MR) is 72.6 cm³/mol. The fourth-order valence-corrected chi connectivity index (χ4v) is 1.84. The highest BCUT2D eigenvalue weighted by molar-refractivity contribution is 6.28. The van der Waals surface area contributed by atoms with Crippen molar-refractivity contribution in [2.45, 2.75) is 6.54 Å². The Labute approximate surface area is 118 Å². The number of fused-ring (bicyclic) bond motifs is 1. The zero-order chi connectivity index (χ0) is 13.9. The minimum atomic E-state index is 0.119. The fraction of sp³-hybridized carbons (Fsp3) is 0.182. The zero-order valence-electron chi connectivity index (χ0n) is 10.5. The summed E-state index contributed by atoms with van der Waals surface area (Å²) >= 11 is 5.88. The highest BCUT2D eigenvalue weighted by Gasteiger charge is 2.12. The largest absolute Gasteiger partial charge is 0.468 e. The fourth-order valence-electron chi connectivity index (χ4n) is 1.67. The van der Waals surface area contributed by atoms with Gasteiger partial charge in [0.15, 0.2) is 17.0 Å². The number of anilines is 1. The summed E-state index contributed by atoms with van der Waals surface area (Å²) < 4.78 is 5.03. The van der Waals surface area contributed by atoms with Crippen LogP contribution in [0, 0.1) is 0 Å². The highest BCUT2D eigenvalue weighted by Crippen LogP contribution is 2.22. The molecular formula is C11H10ClN7O. The van der Waals surface area contributed by atoms with Gasteiger partial charge in [-0.05, 0) is 17.7 Å². The lowest BCUT2D eigenvalue weighted by Gasteiger charge is -2.05. The lowest BCUT2D eigenvalue weighted by atomic mass is 10.4. The summed E-state index contributed by atoms with van der Waals surface area (Å²) in [5, 5.41) is 3.24. The minimum absolute atomic E-state index is 0.119. The number of nitrogens with zero attached hydrogens (tertiary/aromatic N) is 5. The topological polar surface area (TPSA) is 102 Å². The number of rotatable bonds is 4. The Morgan fingerprint density at radius 1 is 1.35 bits per heavy atom. The number of hydrogen-bond acceptors (Lipinski definition) is 7. The van der Waals surface area contributed by atoms with E-state index in [-0.39, 0.29) is 5.28 Å². The maximum absolute atomic E-state index is 5.88. The summed E-state index contributed by atoms with van der Waals surface area (Å²) in [6.07, 6.45) is 3.15. The van der Waals surface area contributed by atoms with Crippen LogP contribution in [0.2, 0.25) is 5.28 Å². The molecule has 0 aliphatic carbocycles. The number of aromatic nitrogens is 6. The van der Waals surface area contributed by atoms with Gasteiger partial charge >= 0.3 is 0 Å². The van der Waals surface area contributed by atoms with E-state index in [2.05, 4.69) is 35.2 Å². The van der Waals surface area contributed by atoms with Gasteiger partial charge in [0.2, 0.25) is 5.28 Å². The van der Waals surface area contributed by atoms with E-state index in [4.69, 9.17) is 16.3 Å². The average Bonchev–Trinajstić information content (AvgIpc) is 2.88.